The Morgan fingerprint density at radius 1 is 1.00 bits per heavy atom. The molecule has 0 saturated carbocycles. The van der Waals surface area contributed by atoms with Crippen molar-refractivity contribution in [2.75, 3.05) is 5.32 Å². The molecule has 190 valence electrons. The molecule has 3 heterocycles. The predicted molar refractivity (Wildman–Crippen MR) is 130 cm³/mol. The number of hydrogen-bond donors (Lipinski definition) is 1. The average molecular weight is 518 g/mol. The topological polar surface area (TPSA) is 101 Å². The summed E-state index contributed by atoms with van der Waals surface area (Å²) in [5.74, 6) is 3.09. The van der Waals surface area contributed by atoms with Crippen LogP contribution in [0.4, 0.5) is 23.7 Å². The maximum absolute atomic E-state index is 13.0. The summed E-state index contributed by atoms with van der Waals surface area (Å²) in [7, 11) is 0. The number of carbonyl (C=O) groups excluding carboxylic acids is 2. The number of benzene rings is 2. The largest absolute Gasteiger partial charge is 0.491 e. The number of imidazole rings is 1. The van der Waals surface area contributed by atoms with Gasteiger partial charge in [-0.2, -0.15) is 18.3 Å². The number of nitrogens with zero attached hydrogens (tertiary/aromatic N) is 5. The van der Waals surface area contributed by atoms with E-state index in [1.165, 1.54) is 0 Å². The smallest absolute Gasteiger partial charge is 0.403 e. The van der Waals surface area contributed by atoms with E-state index in [1.54, 1.807) is 77.6 Å². The lowest BCUT2D eigenvalue weighted by Crippen LogP contribution is -2.31. The molecule has 2 amide bonds. The molecule has 9 nitrogen and oxygen atoms in total. The van der Waals surface area contributed by atoms with Crippen molar-refractivity contribution in [3.05, 3.63) is 95.9 Å². The number of carbonyl (C=O) groups is 2. The number of amides is 2. The second kappa shape index (κ2) is 10.1. The SMILES string of the molecule is O=C(Nc1ccc(C#Cc2cnc3cccnn23)cc1)N1N=C(OC(=O)C(F)(F)F)CC1c1ccccc1. The number of hydrazone groups is 1. The summed E-state index contributed by atoms with van der Waals surface area (Å²) in [6, 6.07) is 17.3. The van der Waals surface area contributed by atoms with Gasteiger partial charge in [0.1, 0.15) is 5.69 Å². The van der Waals surface area contributed by atoms with Crippen LogP contribution in [0.25, 0.3) is 5.65 Å². The molecule has 0 spiro atoms. The Hall–Kier alpha value is -5.18. The van der Waals surface area contributed by atoms with Gasteiger partial charge in [-0.3, -0.25) is 0 Å². The van der Waals surface area contributed by atoms with Gasteiger partial charge in [0.15, 0.2) is 5.65 Å². The van der Waals surface area contributed by atoms with Gasteiger partial charge in [0.25, 0.3) is 0 Å². The maximum atomic E-state index is 13.0. The second-order valence-corrected chi connectivity index (χ2v) is 8.05. The number of nitrogens with one attached hydrogen (secondary N) is 1. The van der Waals surface area contributed by atoms with Crippen molar-refractivity contribution >= 4 is 29.2 Å². The minimum Gasteiger partial charge on any atom is -0.403 e. The Labute approximate surface area is 213 Å². The molecule has 1 N–H and O–H groups in total. The van der Waals surface area contributed by atoms with Gasteiger partial charge in [0.05, 0.1) is 18.7 Å². The van der Waals surface area contributed by atoms with Gasteiger partial charge >= 0.3 is 18.2 Å². The Balaban J connectivity index is 1.31. The van der Waals surface area contributed by atoms with Gasteiger partial charge in [-0.1, -0.05) is 36.3 Å². The highest BCUT2D eigenvalue weighted by atomic mass is 19.4. The molecule has 1 atom stereocenters. The number of fused-ring (bicyclic) bond motifs is 1. The van der Waals surface area contributed by atoms with Crippen molar-refractivity contribution in [3.63, 3.8) is 0 Å². The first-order valence-corrected chi connectivity index (χ1v) is 11.2. The monoisotopic (exact) mass is 518 g/mol. The standard InChI is InChI=1S/C26H17F3N6O3/c27-26(28,29)24(36)38-23-15-21(18-5-2-1-3-6-18)35(33-23)25(37)32-19-11-8-17(9-12-19)10-13-20-16-30-22-7-4-14-31-34(20)22/h1-9,11-12,14,16,21H,15H2,(H,32,37). The van der Waals surface area contributed by atoms with Crippen LogP contribution < -0.4 is 5.32 Å². The first kappa shape index (κ1) is 24.5. The van der Waals surface area contributed by atoms with Crippen LogP contribution in [0.5, 0.6) is 0 Å². The molecule has 0 radical (unpaired) electrons. The Morgan fingerprint density at radius 2 is 1.76 bits per heavy atom. The summed E-state index contributed by atoms with van der Waals surface area (Å²) in [5.41, 5.74) is 2.96. The Morgan fingerprint density at radius 3 is 2.50 bits per heavy atom. The molecule has 2 aromatic heterocycles. The lowest BCUT2D eigenvalue weighted by molar-refractivity contribution is -0.191. The van der Waals surface area contributed by atoms with Gasteiger partial charge in [-0.05, 0) is 47.9 Å². The zero-order valence-electron chi connectivity index (χ0n) is 19.4. The molecule has 4 aromatic rings. The van der Waals surface area contributed by atoms with E-state index < -0.39 is 30.1 Å². The van der Waals surface area contributed by atoms with Gasteiger partial charge in [0, 0.05) is 17.4 Å². The summed E-state index contributed by atoms with van der Waals surface area (Å²) in [6.45, 7) is 0. The summed E-state index contributed by atoms with van der Waals surface area (Å²) < 4.78 is 44.0. The molecule has 38 heavy (non-hydrogen) atoms. The van der Waals surface area contributed by atoms with E-state index in [0.717, 1.165) is 5.01 Å². The number of anilines is 1. The Kier molecular flexibility index (Phi) is 6.49. The van der Waals surface area contributed by atoms with Crippen LogP contribution >= 0.6 is 0 Å². The molecule has 0 saturated heterocycles. The van der Waals surface area contributed by atoms with E-state index in [2.05, 4.69) is 37.1 Å². The van der Waals surface area contributed by atoms with Crippen molar-refractivity contribution in [1.82, 2.24) is 19.6 Å². The molecule has 5 rings (SSSR count). The van der Waals surface area contributed by atoms with Crippen LogP contribution in [0.2, 0.25) is 0 Å². The fourth-order valence-corrected chi connectivity index (χ4v) is 3.70. The average Bonchev–Trinajstić information content (AvgIpc) is 3.53. The van der Waals surface area contributed by atoms with Crippen molar-refractivity contribution in [3.8, 4) is 11.8 Å². The summed E-state index contributed by atoms with van der Waals surface area (Å²) >= 11 is 0. The highest BCUT2D eigenvalue weighted by Gasteiger charge is 2.44. The number of halogens is 3. The van der Waals surface area contributed by atoms with E-state index in [1.807, 2.05) is 6.07 Å². The third-order valence-corrected chi connectivity index (χ3v) is 5.47. The highest BCUT2D eigenvalue weighted by Crippen LogP contribution is 2.32. The van der Waals surface area contributed by atoms with Crippen molar-refractivity contribution in [2.45, 2.75) is 18.6 Å². The maximum Gasteiger partial charge on any atom is 0.491 e. The predicted octanol–water partition coefficient (Wildman–Crippen LogP) is 4.53. The minimum atomic E-state index is -5.19. The van der Waals surface area contributed by atoms with Crippen LogP contribution in [0.3, 0.4) is 0 Å². The molecule has 12 heteroatoms. The summed E-state index contributed by atoms with van der Waals surface area (Å²) in [5, 5.41) is 11.7. The molecular formula is C26H17F3N6O3. The van der Waals surface area contributed by atoms with Gasteiger partial charge < -0.3 is 10.1 Å². The molecule has 1 aliphatic rings. The first-order valence-electron chi connectivity index (χ1n) is 11.2. The van der Waals surface area contributed by atoms with Crippen molar-refractivity contribution in [2.24, 2.45) is 5.10 Å². The van der Waals surface area contributed by atoms with E-state index in [-0.39, 0.29) is 6.42 Å². The molecule has 0 bridgehead atoms. The zero-order valence-corrected chi connectivity index (χ0v) is 19.4. The van der Waals surface area contributed by atoms with Crippen molar-refractivity contribution in [1.29, 1.82) is 0 Å². The number of esters is 1. The van der Waals surface area contributed by atoms with Crippen LogP contribution in [0, 0.1) is 11.8 Å². The molecule has 1 unspecified atom stereocenters. The number of urea groups is 1. The molecular weight excluding hydrogens is 501 g/mol. The number of alkyl halides is 3. The summed E-state index contributed by atoms with van der Waals surface area (Å²) in [4.78, 5) is 28.5. The molecule has 0 aliphatic carbocycles. The lowest BCUT2D eigenvalue weighted by atomic mass is 10.0. The van der Waals surface area contributed by atoms with E-state index in [4.69, 9.17) is 0 Å². The second-order valence-electron chi connectivity index (χ2n) is 8.05. The number of ether oxygens (including phenoxy) is 1. The molecule has 0 fully saturated rings. The first-order chi connectivity index (χ1) is 18.3. The minimum absolute atomic E-state index is 0.202. The number of rotatable bonds is 2. The van der Waals surface area contributed by atoms with Gasteiger partial charge in [-0.25, -0.2) is 24.1 Å². The van der Waals surface area contributed by atoms with Crippen LogP contribution in [-0.2, 0) is 9.53 Å². The van der Waals surface area contributed by atoms with Crippen LogP contribution in [-0.4, -0.2) is 43.7 Å². The van der Waals surface area contributed by atoms with Gasteiger partial charge in [0.2, 0.25) is 5.90 Å². The lowest BCUT2D eigenvalue weighted by Gasteiger charge is -2.21. The highest BCUT2D eigenvalue weighted by molar-refractivity contribution is 5.96. The Bertz CT molecular complexity index is 1590. The van der Waals surface area contributed by atoms with E-state index in [0.29, 0.717) is 28.2 Å². The van der Waals surface area contributed by atoms with Crippen LogP contribution in [0.1, 0.15) is 29.3 Å². The summed E-state index contributed by atoms with van der Waals surface area (Å²) in [6.07, 6.45) is -2.14. The van der Waals surface area contributed by atoms with E-state index in [9.17, 15) is 22.8 Å². The third-order valence-electron chi connectivity index (χ3n) is 5.47. The third kappa shape index (κ3) is 5.31. The van der Waals surface area contributed by atoms with Crippen LogP contribution in [0.15, 0.2) is 84.2 Å². The van der Waals surface area contributed by atoms with E-state index >= 15 is 0 Å². The number of hydrogen-bond acceptors (Lipinski definition) is 6. The molecule has 2 aromatic carbocycles. The number of aromatic nitrogens is 3. The van der Waals surface area contributed by atoms with Gasteiger partial charge in [-0.15, -0.1) is 5.10 Å². The van der Waals surface area contributed by atoms with Crippen molar-refractivity contribution < 1.29 is 27.5 Å². The normalized spacial score (nSPS) is 15.0. The fourth-order valence-electron chi connectivity index (χ4n) is 3.70. The fraction of sp³-hybridized carbons (Fsp3) is 0.115. The quantitative estimate of drug-likeness (QED) is 0.311. The molecule has 1 aliphatic heterocycles. The zero-order chi connectivity index (χ0) is 26.7.